The lowest BCUT2D eigenvalue weighted by Crippen LogP contribution is -2.49. The van der Waals surface area contributed by atoms with E-state index in [-0.39, 0.29) is 10.8 Å². The van der Waals surface area contributed by atoms with E-state index in [1.54, 1.807) is 18.2 Å². The summed E-state index contributed by atoms with van der Waals surface area (Å²) in [6.07, 6.45) is 1.67. The zero-order chi connectivity index (χ0) is 19.4. The fourth-order valence-corrected chi connectivity index (χ4v) is 3.84. The van der Waals surface area contributed by atoms with Crippen molar-refractivity contribution < 1.29 is 13.2 Å². The molecule has 7 nitrogen and oxygen atoms in total. The predicted octanol–water partition coefficient (Wildman–Crippen LogP) is 1.53. The number of carbonyl (C=O) groups is 1. The SMILES string of the molecule is CNS(=O)(=O)c1ccc(N2CCN(C(=O)Cc3cccc(Cl)c3)CC2)nc1. The van der Waals surface area contributed by atoms with Crippen LogP contribution < -0.4 is 9.62 Å². The van der Waals surface area contributed by atoms with Gasteiger partial charge in [-0.2, -0.15) is 0 Å². The molecule has 0 atom stereocenters. The third-order valence-electron chi connectivity index (χ3n) is 4.50. The van der Waals surface area contributed by atoms with Crippen LogP contribution in [-0.2, 0) is 21.2 Å². The minimum atomic E-state index is -3.49. The van der Waals surface area contributed by atoms with E-state index in [1.807, 2.05) is 21.9 Å². The highest BCUT2D eigenvalue weighted by Crippen LogP contribution is 2.17. The van der Waals surface area contributed by atoms with Gasteiger partial charge in [0.05, 0.1) is 6.42 Å². The lowest BCUT2D eigenvalue weighted by Gasteiger charge is -2.35. The molecule has 1 aliphatic heterocycles. The highest BCUT2D eigenvalue weighted by atomic mass is 35.5. The molecule has 9 heteroatoms. The summed E-state index contributed by atoms with van der Waals surface area (Å²) in [5, 5.41) is 0.625. The smallest absolute Gasteiger partial charge is 0.241 e. The molecular formula is C18H21ClN4O3S. The molecule has 1 aromatic heterocycles. The average Bonchev–Trinajstić information content (AvgIpc) is 2.68. The van der Waals surface area contributed by atoms with Crippen molar-refractivity contribution in [3.63, 3.8) is 0 Å². The van der Waals surface area contributed by atoms with Crippen LogP contribution in [0.25, 0.3) is 0 Å². The number of aromatic nitrogens is 1. The van der Waals surface area contributed by atoms with Crippen LogP contribution in [0.5, 0.6) is 0 Å². The maximum atomic E-state index is 12.5. The number of anilines is 1. The Morgan fingerprint density at radius 2 is 1.93 bits per heavy atom. The molecule has 27 heavy (non-hydrogen) atoms. The van der Waals surface area contributed by atoms with Gasteiger partial charge < -0.3 is 9.80 Å². The summed E-state index contributed by atoms with van der Waals surface area (Å²) in [4.78, 5) is 20.7. The lowest BCUT2D eigenvalue weighted by molar-refractivity contribution is -0.130. The van der Waals surface area contributed by atoms with E-state index in [0.717, 1.165) is 5.56 Å². The standard InChI is InChI=1S/C18H21ClN4O3S/c1-20-27(25,26)16-5-6-17(21-13-16)22-7-9-23(10-8-22)18(24)12-14-3-2-4-15(19)11-14/h2-6,11,13,20H,7-10,12H2,1H3. The number of carbonyl (C=O) groups excluding carboxylic acids is 1. The molecule has 1 aliphatic rings. The molecule has 1 N–H and O–H groups in total. The van der Waals surface area contributed by atoms with Gasteiger partial charge in [0, 0.05) is 37.4 Å². The first kappa shape index (κ1) is 19.6. The fraction of sp³-hybridized carbons (Fsp3) is 0.333. The second-order valence-corrected chi connectivity index (χ2v) is 8.56. The van der Waals surface area contributed by atoms with Crippen molar-refractivity contribution in [1.29, 1.82) is 0 Å². The summed E-state index contributed by atoms with van der Waals surface area (Å²) in [7, 11) is -2.13. The van der Waals surface area contributed by atoms with E-state index in [9.17, 15) is 13.2 Å². The van der Waals surface area contributed by atoms with Crippen LogP contribution >= 0.6 is 11.6 Å². The predicted molar refractivity (Wildman–Crippen MR) is 104 cm³/mol. The molecule has 0 radical (unpaired) electrons. The van der Waals surface area contributed by atoms with Crippen molar-refractivity contribution in [2.24, 2.45) is 0 Å². The molecule has 1 saturated heterocycles. The molecule has 1 amide bonds. The fourth-order valence-electron chi connectivity index (χ4n) is 2.95. The molecule has 0 unspecified atom stereocenters. The normalized spacial score (nSPS) is 15.0. The van der Waals surface area contributed by atoms with Crippen LogP contribution in [0.4, 0.5) is 5.82 Å². The van der Waals surface area contributed by atoms with Gasteiger partial charge in [-0.05, 0) is 36.9 Å². The first-order chi connectivity index (χ1) is 12.9. The second-order valence-electron chi connectivity index (χ2n) is 6.23. The van der Waals surface area contributed by atoms with Crippen LogP contribution in [-0.4, -0.2) is 57.4 Å². The van der Waals surface area contributed by atoms with Crippen LogP contribution in [0.15, 0.2) is 47.5 Å². The number of nitrogens with zero attached hydrogens (tertiary/aromatic N) is 3. The minimum Gasteiger partial charge on any atom is -0.353 e. The van der Waals surface area contributed by atoms with Gasteiger partial charge in [0.1, 0.15) is 10.7 Å². The number of hydrogen-bond donors (Lipinski definition) is 1. The van der Waals surface area contributed by atoms with Crippen LogP contribution in [0.1, 0.15) is 5.56 Å². The van der Waals surface area contributed by atoms with Crippen LogP contribution in [0.2, 0.25) is 5.02 Å². The largest absolute Gasteiger partial charge is 0.353 e. The van der Waals surface area contributed by atoms with E-state index < -0.39 is 10.0 Å². The summed E-state index contributed by atoms with van der Waals surface area (Å²) in [6.45, 7) is 2.48. The maximum absolute atomic E-state index is 12.5. The molecule has 144 valence electrons. The zero-order valence-electron chi connectivity index (χ0n) is 14.9. The number of sulfonamides is 1. The van der Waals surface area contributed by atoms with Gasteiger partial charge in [-0.1, -0.05) is 23.7 Å². The first-order valence-corrected chi connectivity index (χ1v) is 10.4. The van der Waals surface area contributed by atoms with Gasteiger partial charge in [-0.15, -0.1) is 0 Å². The van der Waals surface area contributed by atoms with Crippen molar-refractivity contribution in [1.82, 2.24) is 14.6 Å². The van der Waals surface area contributed by atoms with E-state index in [0.29, 0.717) is 43.4 Å². The van der Waals surface area contributed by atoms with Crippen molar-refractivity contribution >= 4 is 33.3 Å². The lowest BCUT2D eigenvalue weighted by atomic mass is 10.1. The molecule has 0 spiro atoms. The van der Waals surface area contributed by atoms with Crippen molar-refractivity contribution in [2.75, 3.05) is 38.1 Å². The summed E-state index contributed by atoms with van der Waals surface area (Å²) in [5.74, 6) is 0.771. The topological polar surface area (TPSA) is 82.6 Å². The number of piperazine rings is 1. The first-order valence-electron chi connectivity index (χ1n) is 8.56. The van der Waals surface area contributed by atoms with Gasteiger partial charge in [-0.3, -0.25) is 4.79 Å². The maximum Gasteiger partial charge on any atom is 0.241 e. The molecule has 3 rings (SSSR count). The molecule has 0 bridgehead atoms. The van der Waals surface area contributed by atoms with Crippen LogP contribution in [0.3, 0.4) is 0 Å². The second kappa shape index (κ2) is 8.24. The van der Waals surface area contributed by atoms with Crippen molar-refractivity contribution in [2.45, 2.75) is 11.3 Å². The van der Waals surface area contributed by atoms with E-state index >= 15 is 0 Å². The number of nitrogens with one attached hydrogen (secondary N) is 1. The van der Waals surface area contributed by atoms with Gasteiger partial charge in [0.15, 0.2) is 0 Å². The Morgan fingerprint density at radius 3 is 2.52 bits per heavy atom. The summed E-state index contributed by atoms with van der Waals surface area (Å²) < 4.78 is 25.8. The molecule has 2 aromatic rings. The number of benzene rings is 1. The van der Waals surface area contributed by atoms with Gasteiger partial charge >= 0.3 is 0 Å². The third-order valence-corrected chi connectivity index (χ3v) is 6.14. The third kappa shape index (κ3) is 4.77. The Morgan fingerprint density at radius 1 is 1.19 bits per heavy atom. The van der Waals surface area contributed by atoms with E-state index in [1.165, 1.54) is 19.3 Å². The summed E-state index contributed by atoms with van der Waals surface area (Å²) >= 11 is 5.97. The molecule has 0 aliphatic carbocycles. The number of hydrogen-bond acceptors (Lipinski definition) is 5. The van der Waals surface area contributed by atoms with E-state index in [4.69, 9.17) is 11.6 Å². The number of rotatable bonds is 5. The molecule has 0 saturated carbocycles. The Bertz CT molecular complexity index is 910. The summed E-state index contributed by atoms with van der Waals surface area (Å²) in [6, 6.07) is 10.5. The summed E-state index contributed by atoms with van der Waals surface area (Å²) in [5.41, 5.74) is 0.901. The quantitative estimate of drug-likeness (QED) is 0.811. The Labute approximate surface area is 164 Å². The van der Waals surface area contributed by atoms with E-state index in [2.05, 4.69) is 9.71 Å². The molecular weight excluding hydrogens is 388 g/mol. The average molecular weight is 409 g/mol. The van der Waals surface area contributed by atoms with Crippen molar-refractivity contribution in [3.8, 4) is 0 Å². The number of halogens is 1. The highest BCUT2D eigenvalue weighted by molar-refractivity contribution is 7.89. The van der Waals surface area contributed by atoms with Crippen LogP contribution in [0, 0.1) is 0 Å². The Balaban J connectivity index is 1.58. The molecule has 2 heterocycles. The molecule has 1 fully saturated rings. The zero-order valence-corrected chi connectivity index (χ0v) is 16.5. The Hall–Kier alpha value is -2.16. The monoisotopic (exact) mass is 408 g/mol. The van der Waals surface area contributed by atoms with Gasteiger partial charge in [0.2, 0.25) is 15.9 Å². The van der Waals surface area contributed by atoms with Crippen molar-refractivity contribution in [3.05, 3.63) is 53.2 Å². The van der Waals surface area contributed by atoms with Gasteiger partial charge in [-0.25, -0.2) is 18.1 Å². The minimum absolute atomic E-state index is 0.0698. The number of amides is 1. The number of pyridine rings is 1. The van der Waals surface area contributed by atoms with Gasteiger partial charge in [0.25, 0.3) is 0 Å². The molecule has 1 aromatic carbocycles. The highest BCUT2D eigenvalue weighted by Gasteiger charge is 2.22. The Kier molecular flexibility index (Phi) is 5.98.